The molecule has 0 spiro atoms. The van der Waals surface area contributed by atoms with E-state index in [2.05, 4.69) is 20.8 Å². The summed E-state index contributed by atoms with van der Waals surface area (Å²) in [5, 5.41) is 9.67. The van der Waals surface area contributed by atoms with Crippen LogP contribution >= 0.6 is 24.8 Å². The van der Waals surface area contributed by atoms with Gasteiger partial charge in [-0.1, -0.05) is 5.16 Å². The van der Waals surface area contributed by atoms with Crippen LogP contribution in [0.25, 0.3) is 11.3 Å². The first kappa shape index (κ1) is 21.3. The first-order valence-electron chi connectivity index (χ1n) is 6.66. The van der Waals surface area contributed by atoms with Crippen LogP contribution in [0.2, 0.25) is 0 Å². The molecule has 7 nitrogen and oxygen atoms in total. The van der Waals surface area contributed by atoms with E-state index in [0.717, 1.165) is 12.1 Å². The highest BCUT2D eigenvalue weighted by Gasteiger charge is 2.12. The molecule has 0 saturated carbocycles. The van der Waals surface area contributed by atoms with Gasteiger partial charge in [0.25, 0.3) is 5.91 Å². The molecular formula is C14H20Cl2N4O3. The molecular weight excluding hydrogens is 343 g/mol. The lowest BCUT2D eigenvalue weighted by molar-refractivity contribution is 0.0944. The second kappa shape index (κ2) is 11.8. The van der Waals surface area contributed by atoms with Gasteiger partial charge >= 0.3 is 0 Å². The number of nitrogens with one attached hydrogen (secondary N) is 2. The van der Waals surface area contributed by atoms with Gasteiger partial charge in [0.05, 0.1) is 6.61 Å². The Labute approximate surface area is 147 Å². The molecule has 0 bridgehead atoms. The molecule has 2 aromatic heterocycles. The number of methoxy groups -OCH3 is 1. The summed E-state index contributed by atoms with van der Waals surface area (Å²) in [7, 11) is 1.65. The lowest BCUT2D eigenvalue weighted by atomic mass is 10.2. The molecule has 0 aliphatic heterocycles. The Morgan fingerprint density at radius 1 is 1.22 bits per heavy atom. The van der Waals surface area contributed by atoms with E-state index in [4.69, 9.17) is 9.26 Å². The van der Waals surface area contributed by atoms with Crippen molar-refractivity contribution in [3.05, 3.63) is 36.3 Å². The molecule has 0 atom stereocenters. The van der Waals surface area contributed by atoms with Crippen molar-refractivity contribution < 1.29 is 14.1 Å². The number of amides is 1. The maximum absolute atomic E-state index is 11.9. The van der Waals surface area contributed by atoms with E-state index in [1.165, 1.54) is 0 Å². The lowest BCUT2D eigenvalue weighted by Gasteiger charge is -2.04. The molecule has 23 heavy (non-hydrogen) atoms. The predicted molar refractivity (Wildman–Crippen MR) is 91.3 cm³/mol. The molecule has 1 amide bonds. The van der Waals surface area contributed by atoms with Gasteiger partial charge in [-0.3, -0.25) is 9.78 Å². The Hall–Kier alpha value is -1.67. The van der Waals surface area contributed by atoms with Crippen LogP contribution in [-0.2, 0) is 4.74 Å². The Morgan fingerprint density at radius 2 is 1.96 bits per heavy atom. The summed E-state index contributed by atoms with van der Waals surface area (Å²) in [5.41, 5.74) is 1.09. The minimum atomic E-state index is -0.257. The molecule has 0 aliphatic rings. The van der Waals surface area contributed by atoms with Gasteiger partial charge in [0.1, 0.15) is 0 Å². The van der Waals surface area contributed by atoms with Gasteiger partial charge in [-0.25, -0.2) is 0 Å². The van der Waals surface area contributed by atoms with E-state index >= 15 is 0 Å². The molecule has 0 fully saturated rings. The van der Waals surface area contributed by atoms with Gasteiger partial charge in [0, 0.05) is 50.8 Å². The second-order valence-corrected chi connectivity index (χ2v) is 4.31. The third-order valence-corrected chi connectivity index (χ3v) is 2.78. The Balaban J connectivity index is 0.00000242. The minimum absolute atomic E-state index is 0. The highest BCUT2D eigenvalue weighted by Crippen LogP contribution is 2.18. The minimum Gasteiger partial charge on any atom is -0.383 e. The van der Waals surface area contributed by atoms with Crippen LogP contribution in [-0.4, -0.2) is 49.4 Å². The highest BCUT2D eigenvalue weighted by molar-refractivity contribution is 5.93. The molecule has 128 valence electrons. The second-order valence-electron chi connectivity index (χ2n) is 4.31. The van der Waals surface area contributed by atoms with Crippen molar-refractivity contribution >= 4 is 30.7 Å². The quantitative estimate of drug-likeness (QED) is 0.692. The Morgan fingerprint density at radius 3 is 2.65 bits per heavy atom. The number of pyridine rings is 1. The van der Waals surface area contributed by atoms with Crippen LogP contribution in [0.15, 0.2) is 35.1 Å². The third-order valence-electron chi connectivity index (χ3n) is 2.78. The summed E-state index contributed by atoms with van der Waals surface area (Å²) in [6.07, 6.45) is 3.31. The molecule has 0 unspecified atom stereocenters. The van der Waals surface area contributed by atoms with Crippen molar-refractivity contribution in [3.8, 4) is 11.3 Å². The number of hydrogen-bond acceptors (Lipinski definition) is 6. The smallest absolute Gasteiger partial charge is 0.273 e. The first-order valence-corrected chi connectivity index (χ1v) is 6.66. The molecule has 9 heteroatoms. The van der Waals surface area contributed by atoms with Crippen LogP contribution < -0.4 is 10.6 Å². The van der Waals surface area contributed by atoms with E-state index in [1.54, 1.807) is 37.7 Å². The number of nitrogens with zero attached hydrogens (tertiary/aromatic N) is 2. The maximum atomic E-state index is 11.9. The van der Waals surface area contributed by atoms with E-state index in [9.17, 15) is 4.79 Å². The van der Waals surface area contributed by atoms with Gasteiger partial charge in [-0.2, -0.15) is 0 Å². The van der Waals surface area contributed by atoms with Gasteiger partial charge in [0.2, 0.25) is 0 Å². The first-order chi connectivity index (χ1) is 10.3. The zero-order chi connectivity index (χ0) is 14.9. The average molecular weight is 363 g/mol. The standard InChI is InChI=1S/C14H18N4O3.2ClH/c1-20-9-8-16-6-7-17-14(19)12-10-13(21-18-12)11-2-4-15-5-3-11;;/h2-5,10,16H,6-9H2,1H3,(H,17,19);2*1H. The molecule has 0 saturated heterocycles. The molecule has 0 aliphatic carbocycles. The molecule has 2 heterocycles. The van der Waals surface area contributed by atoms with E-state index in [0.29, 0.717) is 25.5 Å². The molecule has 0 aromatic carbocycles. The fourth-order valence-electron chi connectivity index (χ4n) is 1.69. The number of ether oxygens (including phenoxy) is 1. The van der Waals surface area contributed by atoms with Gasteiger partial charge in [-0.05, 0) is 12.1 Å². The number of carbonyl (C=O) groups excluding carboxylic acids is 1. The predicted octanol–water partition coefficient (Wildman–Crippen LogP) is 1.55. The average Bonchev–Trinajstić information content (AvgIpc) is 3.01. The van der Waals surface area contributed by atoms with Gasteiger partial charge in [0.15, 0.2) is 11.5 Å². The Bertz CT molecular complexity index is 566. The molecule has 2 N–H and O–H groups in total. The van der Waals surface area contributed by atoms with Crippen molar-refractivity contribution in [2.75, 3.05) is 33.4 Å². The number of hydrogen-bond donors (Lipinski definition) is 2. The van der Waals surface area contributed by atoms with Crippen LogP contribution in [0, 0.1) is 0 Å². The fourth-order valence-corrected chi connectivity index (χ4v) is 1.69. The summed E-state index contributed by atoms with van der Waals surface area (Å²) in [6.45, 7) is 2.58. The number of rotatable bonds is 8. The Kier molecular flexibility index (Phi) is 11.0. The zero-order valence-corrected chi connectivity index (χ0v) is 14.3. The van der Waals surface area contributed by atoms with Crippen LogP contribution in [0.3, 0.4) is 0 Å². The summed E-state index contributed by atoms with van der Waals surface area (Å²) < 4.78 is 10.1. The molecule has 2 rings (SSSR count). The molecule has 0 radical (unpaired) electrons. The van der Waals surface area contributed by atoms with Crippen molar-refractivity contribution in [1.29, 1.82) is 0 Å². The lowest BCUT2D eigenvalue weighted by Crippen LogP contribution is -2.33. The van der Waals surface area contributed by atoms with Crippen molar-refractivity contribution in [3.63, 3.8) is 0 Å². The molecule has 2 aromatic rings. The van der Waals surface area contributed by atoms with Crippen molar-refractivity contribution in [1.82, 2.24) is 20.8 Å². The van der Waals surface area contributed by atoms with E-state index < -0.39 is 0 Å². The van der Waals surface area contributed by atoms with Crippen LogP contribution in [0.1, 0.15) is 10.5 Å². The summed E-state index contributed by atoms with van der Waals surface area (Å²) >= 11 is 0. The van der Waals surface area contributed by atoms with Gasteiger partial charge < -0.3 is 19.9 Å². The summed E-state index contributed by atoms with van der Waals surface area (Å²) in [4.78, 5) is 15.8. The van der Waals surface area contributed by atoms with E-state index in [-0.39, 0.29) is 36.4 Å². The summed E-state index contributed by atoms with van der Waals surface area (Å²) in [5.74, 6) is 0.286. The summed E-state index contributed by atoms with van der Waals surface area (Å²) in [6, 6.07) is 5.20. The van der Waals surface area contributed by atoms with Crippen molar-refractivity contribution in [2.24, 2.45) is 0 Å². The SMILES string of the molecule is COCCNCCNC(=O)c1cc(-c2ccncc2)on1.Cl.Cl. The normalized spacial score (nSPS) is 9.61. The third kappa shape index (κ3) is 6.96. The largest absolute Gasteiger partial charge is 0.383 e. The van der Waals surface area contributed by atoms with Crippen LogP contribution in [0.5, 0.6) is 0 Å². The van der Waals surface area contributed by atoms with Gasteiger partial charge in [-0.15, -0.1) is 24.8 Å². The van der Waals surface area contributed by atoms with E-state index in [1.807, 2.05) is 0 Å². The highest BCUT2D eigenvalue weighted by atomic mass is 35.5. The fraction of sp³-hybridized carbons (Fsp3) is 0.357. The number of aromatic nitrogens is 2. The van der Waals surface area contributed by atoms with Crippen LogP contribution in [0.4, 0.5) is 0 Å². The van der Waals surface area contributed by atoms with Crippen molar-refractivity contribution in [2.45, 2.75) is 0 Å². The number of halogens is 2. The topological polar surface area (TPSA) is 89.3 Å². The zero-order valence-electron chi connectivity index (χ0n) is 12.7. The number of carbonyl (C=O) groups is 1. The monoisotopic (exact) mass is 362 g/mol. The maximum Gasteiger partial charge on any atom is 0.273 e.